The van der Waals surface area contributed by atoms with Gasteiger partial charge in [0.15, 0.2) is 10.6 Å². The first-order chi connectivity index (χ1) is 13.1. The molecule has 1 aromatic carbocycles. The first kappa shape index (κ1) is 20.6. The lowest BCUT2D eigenvalue weighted by molar-refractivity contribution is 0.128. The van der Waals surface area contributed by atoms with Crippen LogP contribution in [-0.2, 0) is 12.0 Å². The molecule has 0 saturated heterocycles. The molecular weight excluding hydrogens is 396 g/mol. The van der Waals surface area contributed by atoms with Gasteiger partial charge in [-0.3, -0.25) is 0 Å². The van der Waals surface area contributed by atoms with Gasteiger partial charge in [-0.1, -0.05) is 32.4 Å². The Hall–Kier alpha value is -2.14. The van der Waals surface area contributed by atoms with Gasteiger partial charge in [-0.2, -0.15) is 15.2 Å². The zero-order chi connectivity index (χ0) is 20.5. The van der Waals surface area contributed by atoms with E-state index < -0.39 is 5.60 Å². The van der Waals surface area contributed by atoms with E-state index in [9.17, 15) is 10.4 Å². The number of rotatable bonds is 4. The van der Waals surface area contributed by atoms with E-state index >= 15 is 0 Å². The average Bonchev–Trinajstić information content (AvgIpc) is 3.20. The van der Waals surface area contributed by atoms with Crippen molar-refractivity contribution in [2.45, 2.75) is 51.2 Å². The second-order valence-electron chi connectivity index (χ2n) is 7.97. The Balaban J connectivity index is 2.16. The number of aliphatic hydroxyl groups is 1. The number of nitrogens with zero attached hydrogens (tertiary/aromatic N) is 4. The van der Waals surface area contributed by atoms with Gasteiger partial charge in [-0.05, 0) is 36.5 Å². The second-order valence-corrected chi connectivity index (χ2v) is 9.42. The Morgan fingerprint density at radius 3 is 2.71 bits per heavy atom. The van der Waals surface area contributed by atoms with Gasteiger partial charge in [0.2, 0.25) is 6.19 Å². The zero-order valence-electron chi connectivity index (χ0n) is 16.4. The molecule has 1 saturated carbocycles. The molecule has 1 heterocycles. The minimum absolute atomic E-state index is 0.0629. The molecule has 1 N–H and O–H groups in total. The maximum Gasteiger partial charge on any atom is 0.207 e. The molecule has 8 heteroatoms. The molecule has 1 fully saturated rings. The fourth-order valence-electron chi connectivity index (χ4n) is 2.68. The summed E-state index contributed by atoms with van der Waals surface area (Å²) in [7, 11) is 1.54. The number of hydrogen-bond acceptors (Lipinski definition) is 5. The third-order valence-electron chi connectivity index (χ3n) is 4.51. The highest BCUT2D eigenvalue weighted by atomic mass is 35.5. The van der Waals surface area contributed by atoms with E-state index in [0.717, 1.165) is 17.7 Å². The van der Waals surface area contributed by atoms with E-state index in [1.165, 1.54) is 11.3 Å². The minimum Gasteiger partial charge on any atom is -0.496 e. The fraction of sp³-hybridized carbons (Fsp3) is 0.450. The van der Waals surface area contributed by atoms with Gasteiger partial charge >= 0.3 is 0 Å². The topological polar surface area (TPSA) is 82.9 Å². The number of aliphatic imine (C=N–C) groups is 1. The maximum absolute atomic E-state index is 10.4. The van der Waals surface area contributed by atoms with Crippen LogP contribution in [0, 0.1) is 11.5 Å². The lowest BCUT2D eigenvalue weighted by Gasteiger charge is -2.15. The van der Waals surface area contributed by atoms with E-state index in [2.05, 4.69) is 30.8 Å². The summed E-state index contributed by atoms with van der Waals surface area (Å²) in [4.78, 5) is 10.4. The SMILES string of the molecule is COc1ccc(Cl)cc1C(=NC#N)N=c1sc(C(C)(C)C)cn1CC1(O)CC1. The number of hydrogen-bond donors (Lipinski definition) is 1. The van der Waals surface area contributed by atoms with Crippen LogP contribution in [0.4, 0.5) is 0 Å². The largest absolute Gasteiger partial charge is 0.496 e. The molecule has 1 aromatic heterocycles. The Bertz CT molecular complexity index is 1020. The summed E-state index contributed by atoms with van der Waals surface area (Å²) in [6, 6.07) is 5.10. The minimum atomic E-state index is -0.675. The lowest BCUT2D eigenvalue weighted by Crippen LogP contribution is -2.25. The van der Waals surface area contributed by atoms with Crippen molar-refractivity contribution >= 4 is 28.8 Å². The zero-order valence-corrected chi connectivity index (χ0v) is 17.9. The normalized spacial score (nSPS) is 16.8. The van der Waals surface area contributed by atoms with Crippen molar-refractivity contribution in [3.05, 3.63) is 44.7 Å². The monoisotopic (exact) mass is 418 g/mol. The first-order valence-electron chi connectivity index (χ1n) is 8.94. The van der Waals surface area contributed by atoms with Crippen molar-refractivity contribution in [3.63, 3.8) is 0 Å². The number of halogens is 1. The van der Waals surface area contributed by atoms with Crippen molar-refractivity contribution in [3.8, 4) is 11.9 Å². The van der Waals surface area contributed by atoms with Crippen LogP contribution >= 0.6 is 22.9 Å². The molecule has 0 aliphatic heterocycles. The van der Waals surface area contributed by atoms with Gasteiger partial charge < -0.3 is 14.4 Å². The molecule has 0 amide bonds. The molecule has 1 aliphatic rings. The van der Waals surface area contributed by atoms with Crippen LogP contribution in [0.25, 0.3) is 0 Å². The first-order valence-corrected chi connectivity index (χ1v) is 10.1. The van der Waals surface area contributed by atoms with Crippen molar-refractivity contribution in [1.82, 2.24) is 4.57 Å². The molecule has 0 bridgehead atoms. The predicted octanol–water partition coefficient (Wildman–Crippen LogP) is 3.86. The van der Waals surface area contributed by atoms with Gasteiger partial charge in [0.05, 0.1) is 24.8 Å². The Morgan fingerprint density at radius 1 is 1.43 bits per heavy atom. The highest BCUT2D eigenvalue weighted by Crippen LogP contribution is 2.37. The number of amidine groups is 1. The van der Waals surface area contributed by atoms with Crippen LogP contribution in [-0.4, -0.2) is 28.2 Å². The Kier molecular flexibility index (Phi) is 5.67. The fourth-order valence-corrected chi connectivity index (χ4v) is 3.91. The second kappa shape index (κ2) is 7.70. The highest BCUT2D eigenvalue weighted by Gasteiger charge is 2.41. The number of ether oxygens (including phenoxy) is 1. The number of aromatic nitrogens is 1. The third kappa shape index (κ3) is 4.64. The molecule has 1 aliphatic carbocycles. The summed E-state index contributed by atoms with van der Waals surface area (Å²) in [5.74, 6) is 0.753. The van der Waals surface area contributed by atoms with Crippen LogP contribution in [0.1, 0.15) is 44.1 Å². The summed E-state index contributed by atoms with van der Waals surface area (Å²) in [6.45, 7) is 6.85. The van der Waals surface area contributed by atoms with Crippen LogP contribution in [0.15, 0.2) is 34.4 Å². The summed E-state index contributed by atoms with van der Waals surface area (Å²) in [6.07, 6.45) is 5.40. The maximum atomic E-state index is 10.4. The molecule has 6 nitrogen and oxygen atoms in total. The quantitative estimate of drug-likeness (QED) is 0.465. The Morgan fingerprint density at radius 2 is 2.14 bits per heavy atom. The van der Waals surface area contributed by atoms with Crippen LogP contribution in [0.5, 0.6) is 5.75 Å². The number of nitriles is 1. The lowest BCUT2D eigenvalue weighted by atomic mass is 9.95. The summed E-state index contributed by atoms with van der Waals surface area (Å²) in [5.41, 5.74) is -0.197. The molecule has 0 radical (unpaired) electrons. The number of methoxy groups -OCH3 is 1. The van der Waals surface area contributed by atoms with Crippen molar-refractivity contribution in [1.29, 1.82) is 5.26 Å². The van der Waals surface area contributed by atoms with Gasteiger partial charge in [-0.15, -0.1) is 11.3 Å². The standard InChI is InChI=1S/C20H23ClN4O2S/c1-19(2,3)16-10-25(11-20(26)7-8-20)18(28-16)24-17(23-12-22)14-9-13(21)5-6-15(14)27-4/h5-6,9-10,26H,7-8,11H2,1-4H3. The van der Waals surface area contributed by atoms with Gasteiger partial charge in [0, 0.05) is 16.1 Å². The van der Waals surface area contributed by atoms with E-state index in [1.54, 1.807) is 25.3 Å². The van der Waals surface area contributed by atoms with Crippen molar-refractivity contribution in [2.75, 3.05) is 7.11 Å². The van der Waals surface area contributed by atoms with Crippen molar-refractivity contribution in [2.24, 2.45) is 9.98 Å². The van der Waals surface area contributed by atoms with E-state index in [-0.39, 0.29) is 11.3 Å². The molecule has 3 rings (SSSR count). The van der Waals surface area contributed by atoms with Crippen molar-refractivity contribution < 1.29 is 9.84 Å². The van der Waals surface area contributed by atoms with Crippen LogP contribution in [0.2, 0.25) is 5.02 Å². The van der Waals surface area contributed by atoms with Crippen LogP contribution < -0.4 is 9.54 Å². The molecule has 0 unspecified atom stereocenters. The smallest absolute Gasteiger partial charge is 0.207 e. The Labute approximate surface area is 173 Å². The molecule has 28 heavy (non-hydrogen) atoms. The predicted molar refractivity (Wildman–Crippen MR) is 111 cm³/mol. The molecule has 2 aromatic rings. The summed E-state index contributed by atoms with van der Waals surface area (Å²) in [5, 5.41) is 20.1. The average molecular weight is 419 g/mol. The number of thiazole rings is 1. The third-order valence-corrected chi connectivity index (χ3v) is 6.19. The van der Waals surface area contributed by atoms with Gasteiger partial charge in [-0.25, -0.2) is 0 Å². The number of benzene rings is 1. The molecule has 0 atom stereocenters. The molecule has 148 valence electrons. The van der Waals surface area contributed by atoms with Gasteiger partial charge in [0.25, 0.3) is 0 Å². The summed E-state index contributed by atoms with van der Waals surface area (Å²) < 4.78 is 7.34. The molecular formula is C20H23ClN4O2S. The van der Waals surface area contributed by atoms with Crippen LogP contribution in [0.3, 0.4) is 0 Å². The van der Waals surface area contributed by atoms with E-state index in [0.29, 0.717) is 27.7 Å². The van der Waals surface area contributed by atoms with E-state index in [1.807, 2.05) is 17.0 Å². The summed E-state index contributed by atoms with van der Waals surface area (Å²) >= 11 is 7.66. The highest BCUT2D eigenvalue weighted by molar-refractivity contribution is 7.09. The molecule has 0 spiro atoms. The van der Waals surface area contributed by atoms with Gasteiger partial charge in [0.1, 0.15) is 5.75 Å². The van der Waals surface area contributed by atoms with E-state index in [4.69, 9.17) is 16.3 Å².